The highest BCUT2D eigenvalue weighted by Gasteiger charge is 2.20. The number of hydrogen-bond acceptors (Lipinski definition) is 4. The van der Waals surface area contributed by atoms with Gasteiger partial charge in [0.25, 0.3) is 5.91 Å². The molecule has 0 bridgehead atoms. The summed E-state index contributed by atoms with van der Waals surface area (Å²) in [5.41, 5.74) is 4.16. The number of fused-ring (bicyclic) bond motifs is 1. The van der Waals surface area contributed by atoms with E-state index in [4.69, 9.17) is 9.15 Å². The third-order valence-corrected chi connectivity index (χ3v) is 5.07. The second-order valence-electron chi connectivity index (χ2n) is 7.14. The molecule has 1 N–H and O–H groups in total. The van der Waals surface area contributed by atoms with Gasteiger partial charge in [-0.1, -0.05) is 17.7 Å². The fourth-order valence-electron chi connectivity index (χ4n) is 3.30. The fourth-order valence-corrected chi connectivity index (χ4v) is 3.30. The monoisotopic (exact) mass is 399 g/mol. The van der Waals surface area contributed by atoms with Crippen LogP contribution < -0.4 is 10.1 Å². The van der Waals surface area contributed by atoms with E-state index in [-0.39, 0.29) is 17.5 Å². The Morgan fingerprint density at radius 3 is 2.20 bits per heavy atom. The minimum atomic E-state index is -0.198. The summed E-state index contributed by atoms with van der Waals surface area (Å²) in [6.45, 7) is 3.82. The molecule has 5 heteroatoms. The smallest absolute Gasteiger partial charge is 0.255 e. The zero-order valence-corrected chi connectivity index (χ0v) is 17.0. The van der Waals surface area contributed by atoms with Crippen molar-refractivity contribution in [3.05, 3.63) is 94.7 Å². The first-order chi connectivity index (χ1) is 14.5. The predicted octanol–water partition coefficient (Wildman–Crippen LogP) is 5.54. The van der Waals surface area contributed by atoms with Crippen LogP contribution >= 0.6 is 0 Å². The van der Waals surface area contributed by atoms with E-state index < -0.39 is 0 Å². The molecular weight excluding hydrogens is 378 g/mol. The zero-order chi connectivity index (χ0) is 21.3. The Labute approximate surface area is 174 Å². The van der Waals surface area contributed by atoms with E-state index in [9.17, 15) is 9.59 Å². The Balaban J connectivity index is 1.62. The number of furan rings is 1. The van der Waals surface area contributed by atoms with Gasteiger partial charge in [-0.15, -0.1) is 0 Å². The molecule has 0 saturated heterocycles. The van der Waals surface area contributed by atoms with E-state index in [0.29, 0.717) is 28.1 Å². The minimum absolute atomic E-state index is 0.190. The second kappa shape index (κ2) is 7.87. The van der Waals surface area contributed by atoms with Crippen LogP contribution in [0.25, 0.3) is 11.0 Å². The van der Waals surface area contributed by atoms with Gasteiger partial charge in [0.2, 0.25) is 5.78 Å². The normalized spacial score (nSPS) is 10.8. The van der Waals surface area contributed by atoms with Gasteiger partial charge in [-0.25, -0.2) is 0 Å². The Kier molecular flexibility index (Phi) is 5.11. The molecule has 0 unspecified atom stereocenters. The second-order valence-corrected chi connectivity index (χ2v) is 7.14. The number of rotatable bonds is 5. The number of methoxy groups -OCH3 is 1. The van der Waals surface area contributed by atoms with Crippen LogP contribution in [0.15, 0.2) is 71.1 Å². The number of nitrogens with one attached hydrogen (secondary N) is 1. The van der Waals surface area contributed by atoms with E-state index in [0.717, 1.165) is 16.5 Å². The average molecular weight is 399 g/mol. The number of carbonyl (C=O) groups is 2. The molecule has 30 heavy (non-hydrogen) atoms. The number of amides is 1. The van der Waals surface area contributed by atoms with Crippen molar-refractivity contribution in [2.24, 2.45) is 0 Å². The van der Waals surface area contributed by atoms with Gasteiger partial charge in [0, 0.05) is 27.8 Å². The molecule has 4 rings (SSSR count). The van der Waals surface area contributed by atoms with Crippen molar-refractivity contribution in [1.82, 2.24) is 0 Å². The number of aryl methyl sites for hydroxylation is 2. The maximum atomic E-state index is 12.9. The molecule has 0 fully saturated rings. The lowest BCUT2D eigenvalue weighted by Gasteiger charge is -2.06. The number of carbonyl (C=O) groups excluding carboxylic acids is 2. The Morgan fingerprint density at radius 1 is 0.867 bits per heavy atom. The summed E-state index contributed by atoms with van der Waals surface area (Å²) in [6.07, 6.45) is 0. The first-order valence-corrected chi connectivity index (χ1v) is 9.56. The van der Waals surface area contributed by atoms with Crippen molar-refractivity contribution in [2.45, 2.75) is 13.8 Å². The van der Waals surface area contributed by atoms with Gasteiger partial charge in [0.1, 0.15) is 11.3 Å². The number of ketones is 1. The van der Waals surface area contributed by atoms with Crippen LogP contribution in [-0.4, -0.2) is 18.8 Å². The topological polar surface area (TPSA) is 68.5 Å². The van der Waals surface area contributed by atoms with E-state index in [1.165, 1.54) is 0 Å². The molecule has 0 aliphatic heterocycles. The first-order valence-electron chi connectivity index (χ1n) is 9.56. The van der Waals surface area contributed by atoms with Crippen LogP contribution in [0.5, 0.6) is 5.75 Å². The number of hydrogen-bond donors (Lipinski definition) is 1. The molecule has 0 spiro atoms. The molecule has 5 nitrogen and oxygen atoms in total. The molecule has 1 amide bonds. The van der Waals surface area contributed by atoms with Crippen molar-refractivity contribution in [3.63, 3.8) is 0 Å². The molecule has 3 aromatic carbocycles. The van der Waals surface area contributed by atoms with Crippen LogP contribution in [-0.2, 0) is 0 Å². The highest BCUT2D eigenvalue weighted by Crippen LogP contribution is 2.30. The number of benzene rings is 3. The fraction of sp³-hybridized carbons (Fsp3) is 0.120. The highest BCUT2D eigenvalue weighted by atomic mass is 16.5. The summed E-state index contributed by atoms with van der Waals surface area (Å²) in [5, 5.41) is 3.69. The summed E-state index contributed by atoms with van der Waals surface area (Å²) >= 11 is 0. The Hall–Kier alpha value is -3.86. The molecular formula is C25H21NO4. The number of ether oxygens (including phenoxy) is 1. The van der Waals surface area contributed by atoms with Crippen molar-refractivity contribution >= 4 is 28.3 Å². The van der Waals surface area contributed by atoms with Gasteiger partial charge in [-0.05, 0) is 68.4 Å². The summed E-state index contributed by atoms with van der Waals surface area (Å²) in [5.74, 6) is 0.584. The zero-order valence-electron chi connectivity index (χ0n) is 17.0. The van der Waals surface area contributed by atoms with E-state index >= 15 is 0 Å². The minimum Gasteiger partial charge on any atom is -0.497 e. The molecule has 0 aliphatic carbocycles. The molecule has 0 atom stereocenters. The lowest BCUT2D eigenvalue weighted by molar-refractivity contribution is 0.101. The predicted molar refractivity (Wildman–Crippen MR) is 117 cm³/mol. The summed E-state index contributed by atoms with van der Waals surface area (Å²) in [6, 6.07) is 19.6. The molecule has 1 heterocycles. The Morgan fingerprint density at radius 2 is 1.53 bits per heavy atom. The molecule has 0 radical (unpaired) electrons. The largest absolute Gasteiger partial charge is 0.497 e. The van der Waals surface area contributed by atoms with Crippen LogP contribution in [0.1, 0.15) is 37.6 Å². The van der Waals surface area contributed by atoms with Crippen molar-refractivity contribution in [3.8, 4) is 5.75 Å². The lowest BCUT2D eigenvalue weighted by atomic mass is 10.0. The van der Waals surface area contributed by atoms with Crippen molar-refractivity contribution in [2.75, 3.05) is 12.4 Å². The van der Waals surface area contributed by atoms with Crippen molar-refractivity contribution < 1.29 is 18.7 Å². The molecule has 4 aromatic rings. The van der Waals surface area contributed by atoms with Crippen LogP contribution in [0, 0.1) is 13.8 Å². The van der Waals surface area contributed by atoms with E-state index in [1.807, 2.05) is 32.0 Å². The molecule has 150 valence electrons. The van der Waals surface area contributed by atoms with Gasteiger partial charge in [0.05, 0.1) is 7.11 Å². The average Bonchev–Trinajstić information content (AvgIpc) is 3.09. The maximum Gasteiger partial charge on any atom is 0.255 e. The summed E-state index contributed by atoms with van der Waals surface area (Å²) in [4.78, 5) is 25.4. The number of anilines is 1. The summed E-state index contributed by atoms with van der Waals surface area (Å²) in [7, 11) is 1.58. The van der Waals surface area contributed by atoms with Crippen LogP contribution in [0.4, 0.5) is 5.69 Å². The van der Waals surface area contributed by atoms with Crippen molar-refractivity contribution in [1.29, 1.82) is 0 Å². The van der Waals surface area contributed by atoms with Gasteiger partial charge in [0.15, 0.2) is 5.76 Å². The van der Waals surface area contributed by atoms with Gasteiger partial charge in [-0.3, -0.25) is 9.59 Å². The third kappa shape index (κ3) is 3.70. The molecule has 0 saturated carbocycles. The lowest BCUT2D eigenvalue weighted by Crippen LogP contribution is -2.11. The van der Waals surface area contributed by atoms with E-state index in [2.05, 4.69) is 5.32 Å². The van der Waals surface area contributed by atoms with Gasteiger partial charge in [-0.2, -0.15) is 0 Å². The van der Waals surface area contributed by atoms with Gasteiger partial charge >= 0.3 is 0 Å². The highest BCUT2D eigenvalue weighted by molar-refractivity contribution is 6.11. The third-order valence-electron chi connectivity index (χ3n) is 5.07. The quantitative estimate of drug-likeness (QED) is 0.447. The molecule has 1 aromatic heterocycles. The summed E-state index contributed by atoms with van der Waals surface area (Å²) < 4.78 is 11.0. The van der Waals surface area contributed by atoms with Gasteiger partial charge < -0.3 is 14.5 Å². The first kappa shape index (κ1) is 19.5. The standard InChI is InChI=1S/C25H21NO4/c1-15-4-6-18(7-5-15)25(28)26-19-10-13-22-21(14-19)16(2)24(30-22)23(27)17-8-11-20(29-3)12-9-17/h4-14H,1-3H3,(H,26,28). The van der Waals surface area contributed by atoms with Crippen LogP contribution in [0.3, 0.4) is 0 Å². The van der Waals surface area contributed by atoms with Crippen LogP contribution in [0.2, 0.25) is 0 Å². The Bertz CT molecular complexity index is 1230. The molecule has 0 aliphatic rings. The maximum absolute atomic E-state index is 12.9. The van der Waals surface area contributed by atoms with E-state index in [1.54, 1.807) is 55.6 Å². The SMILES string of the molecule is COc1ccc(C(=O)c2oc3ccc(NC(=O)c4ccc(C)cc4)cc3c2C)cc1.